The van der Waals surface area contributed by atoms with Gasteiger partial charge in [-0.2, -0.15) is 0 Å². The molecule has 0 aliphatic heterocycles. The largest absolute Gasteiger partial charge is 0.368 e. The molecule has 1 N–H and O–H groups in total. The number of rotatable bonds is 6. The van der Waals surface area contributed by atoms with Gasteiger partial charge in [-0.15, -0.1) is 0 Å². The zero-order valence-corrected chi connectivity index (χ0v) is 11.7. The first-order valence-corrected chi connectivity index (χ1v) is 6.40. The molecule has 100 valence electrons. The molecule has 0 saturated heterocycles. The number of aryl methyl sites for hydroxylation is 2. The fourth-order valence-electron chi connectivity index (χ4n) is 1.73. The van der Waals surface area contributed by atoms with Crippen molar-refractivity contribution in [1.82, 2.24) is 14.9 Å². The Morgan fingerprint density at radius 3 is 2.61 bits per heavy atom. The zero-order chi connectivity index (χ0) is 13.5. The first-order chi connectivity index (χ1) is 8.58. The van der Waals surface area contributed by atoms with Crippen LogP contribution in [0.3, 0.4) is 0 Å². The first-order valence-electron chi connectivity index (χ1n) is 6.40. The Kier molecular flexibility index (Phi) is 5.55. The molecule has 0 aromatic carbocycles. The number of carbonyl (C=O) groups is 1. The zero-order valence-electron chi connectivity index (χ0n) is 11.7. The summed E-state index contributed by atoms with van der Waals surface area (Å²) in [6.07, 6.45) is 2.22. The van der Waals surface area contributed by atoms with E-state index in [0.717, 1.165) is 30.3 Å². The van der Waals surface area contributed by atoms with Gasteiger partial charge in [-0.1, -0.05) is 0 Å². The lowest BCUT2D eigenvalue weighted by atomic mass is 10.3. The Bertz CT molecular complexity index is 402. The molecule has 0 aliphatic carbocycles. The van der Waals surface area contributed by atoms with E-state index in [2.05, 4.69) is 15.3 Å². The van der Waals surface area contributed by atoms with Crippen LogP contribution >= 0.6 is 0 Å². The summed E-state index contributed by atoms with van der Waals surface area (Å²) in [5, 5.41) is 3.17. The molecule has 1 heterocycles. The van der Waals surface area contributed by atoms with Crippen LogP contribution in [0.25, 0.3) is 0 Å². The van der Waals surface area contributed by atoms with Crippen LogP contribution < -0.4 is 5.32 Å². The molecule has 1 aromatic heterocycles. The molecule has 0 saturated carbocycles. The molecule has 0 aliphatic rings. The van der Waals surface area contributed by atoms with E-state index in [1.807, 2.05) is 32.6 Å². The Labute approximate surface area is 109 Å². The molecular weight excluding hydrogens is 228 g/mol. The van der Waals surface area contributed by atoms with Gasteiger partial charge >= 0.3 is 0 Å². The quantitative estimate of drug-likeness (QED) is 0.836. The number of carbonyl (C=O) groups excluding carboxylic acids is 1. The van der Waals surface area contributed by atoms with E-state index in [0.29, 0.717) is 13.0 Å². The standard InChI is InChI=1S/C13H22N4O/c1-5-17(6-2)12(18)7-8-14-13-11(4)15-9-10(3)16-13/h9H,5-8H2,1-4H3,(H,14,16). The van der Waals surface area contributed by atoms with Gasteiger partial charge in [-0.05, 0) is 27.7 Å². The van der Waals surface area contributed by atoms with E-state index in [-0.39, 0.29) is 5.91 Å². The van der Waals surface area contributed by atoms with E-state index in [1.165, 1.54) is 0 Å². The number of anilines is 1. The third-order valence-electron chi connectivity index (χ3n) is 2.82. The van der Waals surface area contributed by atoms with E-state index >= 15 is 0 Å². The number of aromatic nitrogens is 2. The maximum Gasteiger partial charge on any atom is 0.224 e. The highest BCUT2D eigenvalue weighted by molar-refractivity contribution is 5.76. The monoisotopic (exact) mass is 250 g/mol. The second kappa shape index (κ2) is 6.93. The summed E-state index contributed by atoms with van der Waals surface area (Å²) in [5.74, 6) is 0.938. The molecular formula is C13H22N4O. The van der Waals surface area contributed by atoms with Crippen LogP contribution in [0.4, 0.5) is 5.82 Å². The van der Waals surface area contributed by atoms with Crippen molar-refractivity contribution in [1.29, 1.82) is 0 Å². The average molecular weight is 250 g/mol. The minimum absolute atomic E-state index is 0.172. The summed E-state index contributed by atoms with van der Waals surface area (Å²) in [7, 11) is 0. The highest BCUT2D eigenvalue weighted by atomic mass is 16.2. The predicted octanol–water partition coefficient (Wildman–Crippen LogP) is 1.76. The fourth-order valence-corrected chi connectivity index (χ4v) is 1.73. The second-order valence-corrected chi connectivity index (χ2v) is 4.19. The minimum Gasteiger partial charge on any atom is -0.368 e. The van der Waals surface area contributed by atoms with E-state index < -0.39 is 0 Å². The van der Waals surface area contributed by atoms with E-state index in [9.17, 15) is 4.79 Å². The van der Waals surface area contributed by atoms with Crippen molar-refractivity contribution in [2.24, 2.45) is 0 Å². The Morgan fingerprint density at radius 2 is 2.00 bits per heavy atom. The second-order valence-electron chi connectivity index (χ2n) is 4.19. The molecule has 5 nitrogen and oxygen atoms in total. The predicted molar refractivity (Wildman–Crippen MR) is 72.5 cm³/mol. The average Bonchev–Trinajstić information content (AvgIpc) is 2.35. The normalized spacial score (nSPS) is 10.2. The van der Waals surface area contributed by atoms with Crippen LogP contribution in [-0.4, -0.2) is 40.4 Å². The van der Waals surface area contributed by atoms with Crippen LogP contribution in [0.5, 0.6) is 0 Å². The van der Waals surface area contributed by atoms with Gasteiger partial charge in [0.1, 0.15) is 5.82 Å². The van der Waals surface area contributed by atoms with Gasteiger partial charge in [-0.3, -0.25) is 9.78 Å². The Hall–Kier alpha value is -1.65. The Balaban J connectivity index is 2.46. The maximum absolute atomic E-state index is 11.8. The molecule has 0 unspecified atom stereocenters. The smallest absolute Gasteiger partial charge is 0.224 e. The van der Waals surface area contributed by atoms with Crippen LogP contribution in [0, 0.1) is 13.8 Å². The summed E-state index contributed by atoms with van der Waals surface area (Å²) < 4.78 is 0. The van der Waals surface area contributed by atoms with Crippen LogP contribution in [0.2, 0.25) is 0 Å². The molecule has 5 heteroatoms. The molecule has 1 aromatic rings. The van der Waals surface area contributed by atoms with Crippen molar-refractivity contribution in [3.05, 3.63) is 17.6 Å². The molecule has 0 spiro atoms. The number of amides is 1. The summed E-state index contributed by atoms with van der Waals surface area (Å²) >= 11 is 0. The van der Waals surface area contributed by atoms with Crippen molar-refractivity contribution in [2.75, 3.05) is 25.0 Å². The van der Waals surface area contributed by atoms with Crippen molar-refractivity contribution in [3.63, 3.8) is 0 Å². The third kappa shape index (κ3) is 3.98. The number of hydrogen-bond acceptors (Lipinski definition) is 4. The van der Waals surface area contributed by atoms with Gasteiger partial charge in [0, 0.05) is 32.3 Å². The minimum atomic E-state index is 0.172. The fraction of sp³-hybridized carbons (Fsp3) is 0.615. The van der Waals surface area contributed by atoms with Gasteiger partial charge < -0.3 is 10.2 Å². The highest BCUT2D eigenvalue weighted by Gasteiger charge is 2.09. The van der Waals surface area contributed by atoms with Crippen LogP contribution in [0.15, 0.2) is 6.20 Å². The van der Waals surface area contributed by atoms with E-state index in [1.54, 1.807) is 6.20 Å². The molecule has 18 heavy (non-hydrogen) atoms. The van der Waals surface area contributed by atoms with Crippen molar-refractivity contribution < 1.29 is 4.79 Å². The lowest BCUT2D eigenvalue weighted by Crippen LogP contribution is -2.31. The highest BCUT2D eigenvalue weighted by Crippen LogP contribution is 2.08. The Morgan fingerprint density at radius 1 is 1.33 bits per heavy atom. The van der Waals surface area contributed by atoms with Crippen molar-refractivity contribution >= 4 is 11.7 Å². The van der Waals surface area contributed by atoms with Gasteiger partial charge in [0.05, 0.1) is 11.4 Å². The third-order valence-corrected chi connectivity index (χ3v) is 2.82. The summed E-state index contributed by atoms with van der Waals surface area (Å²) in [6, 6.07) is 0. The van der Waals surface area contributed by atoms with Crippen molar-refractivity contribution in [3.8, 4) is 0 Å². The lowest BCUT2D eigenvalue weighted by molar-refractivity contribution is -0.130. The SMILES string of the molecule is CCN(CC)C(=O)CCNc1nc(C)cnc1C. The lowest BCUT2D eigenvalue weighted by Gasteiger charge is -2.18. The maximum atomic E-state index is 11.8. The molecule has 1 rings (SSSR count). The summed E-state index contributed by atoms with van der Waals surface area (Å²) in [4.78, 5) is 22.2. The molecule has 0 fully saturated rings. The molecule has 0 atom stereocenters. The van der Waals surface area contributed by atoms with Gasteiger partial charge in [0.25, 0.3) is 0 Å². The molecule has 0 radical (unpaired) electrons. The topological polar surface area (TPSA) is 58.1 Å². The summed E-state index contributed by atoms with van der Waals surface area (Å²) in [5.41, 5.74) is 1.73. The van der Waals surface area contributed by atoms with Crippen LogP contribution in [-0.2, 0) is 4.79 Å². The first kappa shape index (κ1) is 14.4. The summed E-state index contributed by atoms with van der Waals surface area (Å²) in [6.45, 7) is 9.90. The molecule has 1 amide bonds. The van der Waals surface area contributed by atoms with Crippen LogP contribution in [0.1, 0.15) is 31.7 Å². The van der Waals surface area contributed by atoms with E-state index in [4.69, 9.17) is 0 Å². The van der Waals surface area contributed by atoms with Gasteiger partial charge in [-0.25, -0.2) is 4.98 Å². The van der Waals surface area contributed by atoms with Crippen molar-refractivity contribution in [2.45, 2.75) is 34.1 Å². The number of nitrogens with one attached hydrogen (secondary N) is 1. The van der Waals surface area contributed by atoms with Gasteiger partial charge in [0.2, 0.25) is 5.91 Å². The van der Waals surface area contributed by atoms with Gasteiger partial charge in [0.15, 0.2) is 0 Å². The number of nitrogens with zero attached hydrogens (tertiary/aromatic N) is 3. The molecule has 0 bridgehead atoms. The number of hydrogen-bond donors (Lipinski definition) is 1.